The Morgan fingerprint density at radius 2 is 2.03 bits per heavy atom. The topological polar surface area (TPSA) is 87.9 Å². The number of aromatic nitrogens is 2. The van der Waals surface area contributed by atoms with Gasteiger partial charge in [0, 0.05) is 30.0 Å². The number of fused-ring (bicyclic) bond motifs is 1. The van der Waals surface area contributed by atoms with Gasteiger partial charge in [-0.05, 0) is 53.2 Å². The van der Waals surface area contributed by atoms with Crippen LogP contribution in [0.2, 0.25) is 5.02 Å². The van der Waals surface area contributed by atoms with Gasteiger partial charge in [0.15, 0.2) is 0 Å². The van der Waals surface area contributed by atoms with Crippen molar-refractivity contribution in [3.8, 4) is 0 Å². The lowest BCUT2D eigenvalue weighted by atomic mass is 10.1. The Bertz CT molecular complexity index is 1440. The summed E-state index contributed by atoms with van der Waals surface area (Å²) in [5.74, 6) is -0.411. The van der Waals surface area contributed by atoms with Crippen molar-refractivity contribution in [1.29, 1.82) is 0 Å². The molecule has 2 aliphatic heterocycles. The van der Waals surface area contributed by atoms with Crippen molar-refractivity contribution >= 4 is 51.5 Å². The van der Waals surface area contributed by atoms with Crippen LogP contribution in [0.1, 0.15) is 16.7 Å². The Morgan fingerprint density at radius 1 is 1.21 bits per heavy atom. The molecule has 0 radical (unpaired) electrons. The van der Waals surface area contributed by atoms with Gasteiger partial charge >= 0.3 is 6.18 Å². The molecule has 2 aromatic carbocycles. The van der Waals surface area contributed by atoms with Crippen LogP contribution in [-0.4, -0.2) is 81.3 Å². The molecule has 8 nitrogen and oxygen atoms in total. The van der Waals surface area contributed by atoms with E-state index >= 15 is 0 Å². The van der Waals surface area contributed by atoms with E-state index in [-0.39, 0.29) is 46.5 Å². The van der Waals surface area contributed by atoms with E-state index in [0.29, 0.717) is 42.7 Å². The summed E-state index contributed by atoms with van der Waals surface area (Å²) >= 11 is 6.63. The van der Waals surface area contributed by atoms with Crippen molar-refractivity contribution in [2.75, 3.05) is 39.4 Å². The van der Waals surface area contributed by atoms with Gasteiger partial charge in [0.05, 0.1) is 54.6 Å². The van der Waals surface area contributed by atoms with Crippen molar-refractivity contribution in [3.63, 3.8) is 0 Å². The number of morpholine rings is 1. The highest BCUT2D eigenvalue weighted by atomic mass is 35.5. The molecule has 13 heteroatoms. The van der Waals surface area contributed by atoms with Crippen LogP contribution in [0, 0.1) is 0 Å². The lowest BCUT2D eigenvalue weighted by Gasteiger charge is -2.33. The van der Waals surface area contributed by atoms with Gasteiger partial charge < -0.3 is 9.84 Å². The molecule has 2 saturated heterocycles. The molecule has 2 fully saturated rings. The highest BCUT2D eigenvalue weighted by Gasteiger charge is 2.37. The number of amides is 2. The number of aliphatic hydroxyl groups is 1. The maximum absolute atomic E-state index is 13.5. The van der Waals surface area contributed by atoms with Crippen molar-refractivity contribution in [2.45, 2.75) is 18.8 Å². The maximum Gasteiger partial charge on any atom is 0.416 e. The van der Waals surface area contributed by atoms with Crippen LogP contribution in [-0.2, 0) is 22.3 Å². The normalized spacial score (nSPS) is 20.1. The lowest BCUT2D eigenvalue weighted by Crippen LogP contribution is -2.49. The first-order valence-electron chi connectivity index (χ1n) is 12.1. The summed E-state index contributed by atoms with van der Waals surface area (Å²) in [5, 5.41) is 13.7. The first-order chi connectivity index (χ1) is 18.6. The van der Waals surface area contributed by atoms with Crippen molar-refractivity contribution in [1.82, 2.24) is 19.6 Å². The molecule has 3 aromatic rings. The fourth-order valence-electron chi connectivity index (χ4n) is 4.68. The summed E-state index contributed by atoms with van der Waals surface area (Å²) in [5.41, 5.74) is 0.491. The van der Waals surface area contributed by atoms with Gasteiger partial charge in [0.1, 0.15) is 0 Å². The summed E-state index contributed by atoms with van der Waals surface area (Å²) in [7, 11) is 0. The third-order valence-electron chi connectivity index (χ3n) is 6.56. The number of carbonyl (C=O) groups excluding carboxylic acids is 2. The number of carbonyl (C=O) groups is 2. The number of hydrogen-bond acceptors (Lipinski definition) is 7. The zero-order valence-corrected chi connectivity index (χ0v) is 22.1. The minimum absolute atomic E-state index is 0.000362. The standard InChI is InChI=1S/C26H24ClF3N4O4S/c27-19-3-2-17(21(11-19)26(28,29)30)13-34-22-4-1-16(9-18(22)12-31-34)10-23-24(36)33(25(37)39-23)15-20-14-32(5-7-35)6-8-38-20/h1-4,9-12,20,35H,5-8,13-15H2/t20-/m0/s1. The quantitative estimate of drug-likeness (QED) is 0.412. The predicted molar refractivity (Wildman–Crippen MR) is 141 cm³/mol. The van der Waals surface area contributed by atoms with Crippen molar-refractivity contribution in [2.24, 2.45) is 0 Å². The number of hydrogen-bond donors (Lipinski definition) is 1. The number of halogens is 4. The molecule has 2 aliphatic rings. The predicted octanol–water partition coefficient (Wildman–Crippen LogP) is 4.49. The Morgan fingerprint density at radius 3 is 2.79 bits per heavy atom. The summed E-state index contributed by atoms with van der Waals surface area (Å²) in [6.45, 7) is 2.20. The van der Waals surface area contributed by atoms with Gasteiger partial charge in [-0.1, -0.05) is 23.7 Å². The van der Waals surface area contributed by atoms with E-state index in [9.17, 15) is 22.8 Å². The van der Waals surface area contributed by atoms with E-state index < -0.39 is 17.6 Å². The molecule has 3 heterocycles. The zero-order valence-electron chi connectivity index (χ0n) is 20.5. The average molecular weight is 581 g/mol. The third-order valence-corrected chi connectivity index (χ3v) is 7.70. The maximum atomic E-state index is 13.5. The molecule has 0 aliphatic carbocycles. The minimum atomic E-state index is -4.55. The van der Waals surface area contributed by atoms with Gasteiger partial charge in [0.2, 0.25) is 0 Å². The lowest BCUT2D eigenvalue weighted by molar-refractivity contribution is -0.138. The smallest absolute Gasteiger partial charge is 0.395 e. The molecule has 39 heavy (non-hydrogen) atoms. The van der Waals surface area contributed by atoms with Crippen LogP contribution in [0.3, 0.4) is 0 Å². The van der Waals surface area contributed by atoms with Gasteiger partial charge in [0.25, 0.3) is 11.1 Å². The molecule has 5 rings (SSSR count). The molecule has 1 N–H and O–H groups in total. The first kappa shape index (κ1) is 27.7. The average Bonchev–Trinajstić information content (AvgIpc) is 3.40. The molecule has 0 saturated carbocycles. The SMILES string of the molecule is O=C1SC(=Cc2ccc3c(cnn3Cc3ccc(Cl)cc3C(F)(F)F)c2)C(=O)N1C[C@@H]1CN(CCO)CCO1. The molecular weight excluding hydrogens is 557 g/mol. The number of alkyl halides is 3. The Kier molecular flexibility index (Phi) is 8.01. The minimum Gasteiger partial charge on any atom is -0.395 e. The highest BCUT2D eigenvalue weighted by molar-refractivity contribution is 8.18. The number of thioether (sulfide) groups is 1. The summed E-state index contributed by atoms with van der Waals surface area (Å²) < 4.78 is 47.7. The molecule has 1 atom stereocenters. The monoisotopic (exact) mass is 580 g/mol. The molecule has 0 unspecified atom stereocenters. The molecule has 0 bridgehead atoms. The van der Waals surface area contributed by atoms with Crippen LogP contribution in [0.25, 0.3) is 17.0 Å². The number of nitrogens with zero attached hydrogens (tertiary/aromatic N) is 4. The van der Waals surface area contributed by atoms with Crippen LogP contribution in [0.5, 0.6) is 0 Å². The number of aliphatic hydroxyl groups excluding tert-OH is 1. The number of ether oxygens (including phenoxy) is 1. The van der Waals surface area contributed by atoms with Crippen molar-refractivity contribution in [3.05, 3.63) is 69.2 Å². The molecule has 2 amide bonds. The summed E-state index contributed by atoms with van der Waals surface area (Å²) in [6.07, 6.45) is -1.73. The summed E-state index contributed by atoms with van der Waals surface area (Å²) in [4.78, 5) is 29.1. The van der Waals surface area contributed by atoms with Crippen LogP contribution >= 0.6 is 23.4 Å². The van der Waals surface area contributed by atoms with Gasteiger partial charge in [-0.25, -0.2) is 0 Å². The number of benzene rings is 2. The fourth-order valence-corrected chi connectivity index (χ4v) is 5.70. The zero-order chi connectivity index (χ0) is 27.7. The molecule has 1 aromatic heterocycles. The fraction of sp³-hybridized carbons (Fsp3) is 0.346. The Hall–Kier alpha value is -2.90. The van der Waals surface area contributed by atoms with E-state index in [4.69, 9.17) is 21.4 Å². The molecule has 206 valence electrons. The molecular formula is C26H24ClF3N4O4S. The number of β-amino-alcohol motifs (C(OH)–C–C–N with tert-alkyl or cyclic N) is 1. The van der Waals surface area contributed by atoms with Crippen LogP contribution in [0.4, 0.5) is 18.0 Å². The van der Waals surface area contributed by atoms with Crippen molar-refractivity contribution < 1.29 is 32.6 Å². The Balaban J connectivity index is 1.32. The number of rotatable bonds is 7. The third kappa shape index (κ3) is 6.15. The van der Waals surface area contributed by atoms with E-state index in [2.05, 4.69) is 5.10 Å². The first-order valence-corrected chi connectivity index (χ1v) is 13.3. The number of imide groups is 1. The van der Waals surface area contributed by atoms with Crippen LogP contribution in [0.15, 0.2) is 47.5 Å². The van der Waals surface area contributed by atoms with E-state index in [1.165, 1.54) is 21.7 Å². The summed E-state index contributed by atoms with van der Waals surface area (Å²) in [6, 6.07) is 8.85. The van der Waals surface area contributed by atoms with Gasteiger partial charge in [-0.15, -0.1) is 0 Å². The largest absolute Gasteiger partial charge is 0.416 e. The van der Waals surface area contributed by atoms with E-state index in [1.54, 1.807) is 30.5 Å². The molecule has 0 spiro atoms. The van der Waals surface area contributed by atoms with E-state index in [0.717, 1.165) is 17.8 Å². The second kappa shape index (κ2) is 11.3. The highest BCUT2D eigenvalue weighted by Crippen LogP contribution is 2.35. The Labute approximate surface area is 230 Å². The van der Waals surface area contributed by atoms with E-state index in [1.807, 2.05) is 4.90 Å². The van der Waals surface area contributed by atoms with Gasteiger partial charge in [-0.2, -0.15) is 18.3 Å². The van der Waals surface area contributed by atoms with Crippen LogP contribution < -0.4 is 0 Å². The second-order valence-electron chi connectivity index (χ2n) is 9.23. The second-order valence-corrected chi connectivity index (χ2v) is 10.7. The van der Waals surface area contributed by atoms with Gasteiger partial charge in [-0.3, -0.25) is 24.1 Å².